The van der Waals surface area contributed by atoms with Gasteiger partial charge in [0.1, 0.15) is 5.82 Å². The second kappa shape index (κ2) is 5.42. The summed E-state index contributed by atoms with van der Waals surface area (Å²) < 4.78 is 15.5. The summed E-state index contributed by atoms with van der Waals surface area (Å²) in [7, 11) is 1.76. The van der Waals surface area contributed by atoms with Gasteiger partial charge in [-0.15, -0.1) is 0 Å². The number of nitrogens with two attached hydrogens (primary N) is 1. The fourth-order valence-corrected chi connectivity index (χ4v) is 2.07. The first-order valence-corrected chi connectivity index (χ1v) is 6.24. The fraction of sp³-hybridized carbons (Fsp3) is 0.286. The zero-order valence-corrected chi connectivity index (χ0v) is 11.7. The number of carbonyl (C=O) groups excluding carboxylic acids is 1. The third kappa shape index (κ3) is 2.55. The third-order valence-corrected chi connectivity index (χ3v) is 3.25. The highest BCUT2D eigenvalue weighted by Gasteiger charge is 2.18. The molecule has 0 spiro atoms. The Hall–Kier alpha value is -2.21. The van der Waals surface area contributed by atoms with Crippen molar-refractivity contribution in [2.24, 2.45) is 12.8 Å². The van der Waals surface area contributed by atoms with Gasteiger partial charge in [-0.05, 0) is 31.5 Å². The molecule has 0 bridgehead atoms. The van der Waals surface area contributed by atoms with Crippen LogP contribution in [0.5, 0.6) is 0 Å². The number of aryl methyl sites for hydroxylation is 2. The molecule has 0 aliphatic carbocycles. The molecule has 1 aromatic heterocycles. The zero-order valence-electron chi connectivity index (χ0n) is 11.7. The highest BCUT2D eigenvalue weighted by Crippen LogP contribution is 2.19. The lowest BCUT2D eigenvalue weighted by atomic mass is 10.1. The largest absolute Gasteiger partial charge is 0.326 e. The van der Waals surface area contributed by atoms with Gasteiger partial charge < -0.3 is 11.1 Å². The second-order valence-electron chi connectivity index (χ2n) is 4.64. The zero-order chi connectivity index (χ0) is 14.9. The molecule has 20 heavy (non-hydrogen) atoms. The standard InChI is InChI=1S/C14H17FN4O/c1-8-13(9(2)19(3)18-8)14(20)17-12-5-4-10(7-16)6-11(12)15/h4-6H,7,16H2,1-3H3,(H,17,20). The molecule has 2 rings (SSSR count). The highest BCUT2D eigenvalue weighted by atomic mass is 19.1. The maximum Gasteiger partial charge on any atom is 0.259 e. The molecule has 5 nitrogen and oxygen atoms in total. The normalized spacial score (nSPS) is 10.7. The second-order valence-corrected chi connectivity index (χ2v) is 4.64. The molecule has 0 saturated carbocycles. The lowest BCUT2D eigenvalue weighted by Gasteiger charge is -2.08. The molecule has 0 aliphatic heterocycles. The molecule has 2 aromatic rings. The minimum absolute atomic E-state index is 0.134. The molecular formula is C14H17FN4O. The van der Waals surface area contributed by atoms with Gasteiger partial charge >= 0.3 is 0 Å². The molecule has 6 heteroatoms. The summed E-state index contributed by atoms with van der Waals surface area (Å²) in [6, 6.07) is 4.51. The molecule has 0 atom stereocenters. The van der Waals surface area contributed by atoms with Crippen LogP contribution < -0.4 is 11.1 Å². The Kier molecular flexibility index (Phi) is 3.85. The molecule has 106 valence electrons. The average molecular weight is 276 g/mol. The van der Waals surface area contributed by atoms with Crippen LogP contribution in [-0.2, 0) is 13.6 Å². The Morgan fingerprint density at radius 2 is 2.15 bits per heavy atom. The Bertz CT molecular complexity index is 663. The van der Waals surface area contributed by atoms with E-state index in [9.17, 15) is 9.18 Å². The fourth-order valence-electron chi connectivity index (χ4n) is 2.07. The predicted octanol–water partition coefficient (Wildman–Crippen LogP) is 1.89. The molecule has 0 saturated heterocycles. The van der Waals surface area contributed by atoms with Crippen molar-refractivity contribution < 1.29 is 9.18 Å². The number of anilines is 1. The van der Waals surface area contributed by atoms with Gasteiger partial charge in [0.05, 0.1) is 16.9 Å². The van der Waals surface area contributed by atoms with Crippen molar-refractivity contribution in [3.05, 3.63) is 46.5 Å². The molecule has 0 aliphatic rings. The number of rotatable bonds is 3. The number of carbonyl (C=O) groups is 1. The number of nitrogens with one attached hydrogen (secondary N) is 1. The third-order valence-electron chi connectivity index (χ3n) is 3.25. The van der Waals surface area contributed by atoms with Gasteiger partial charge in [-0.3, -0.25) is 9.48 Å². The maximum atomic E-state index is 13.8. The molecule has 3 N–H and O–H groups in total. The van der Waals surface area contributed by atoms with Crippen molar-refractivity contribution >= 4 is 11.6 Å². The number of nitrogens with zero attached hydrogens (tertiary/aromatic N) is 2. The molecule has 1 heterocycles. The highest BCUT2D eigenvalue weighted by molar-refractivity contribution is 6.05. The number of halogens is 1. The van der Waals surface area contributed by atoms with E-state index in [-0.39, 0.29) is 18.1 Å². The van der Waals surface area contributed by atoms with E-state index >= 15 is 0 Å². The van der Waals surface area contributed by atoms with Crippen molar-refractivity contribution in [2.75, 3.05) is 5.32 Å². The average Bonchev–Trinajstić information content (AvgIpc) is 2.65. The van der Waals surface area contributed by atoms with Crippen molar-refractivity contribution in [3.8, 4) is 0 Å². The molecule has 0 radical (unpaired) electrons. The predicted molar refractivity (Wildman–Crippen MR) is 74.9 cm³/mol. The van der Waals surface area contributed by atoms with Crippen LogP contribution in [0.1, 0.15) is 27.3 Å². The van der Waals surface area contributed by atoms with E-state index in [4.69, 9.17) is 5.73 Å². The van der Waals surface area contributed by atoms with Crippen LogP contribution >= 0.6 is 0 Å². The van der Waals surface area contributed by atoms with Gasteiger partial charge in [-0.2, -0.15) is 5.10 Å². The van der Waals surface area contributed by atoms with Gasteiger partial charge in [0, 0.05) is 19.3 Å². The lowest BCUT2D eigenvalue weighted by Crippen LogP contribution is -2.15. The van der Waals surface area contributed by atoms with E-state index in [1.807, 2.05) is 0 Å². The van der Waals surface area contributed by atoms with Gasteiger partial charge in [-0.25, -0.2) is 4.39 Å². The summed E-state index contributed by atoms with van der Waals surface area (Å²) in [6.45, 7) is 3.80. The summed E-state index contributed by atoms with van der Waals surface area (Å²) in [5.41, 5.74) is 8.06. The van der Waals surface area contributed by atoms with Crippen molar-refractivity contribution in [2.45, 2.75) is 20.4 Å². The van der Waals surface area contributed by atoms with E-state index in [0.717, 1.165) is 5.69 Å². The Morgan fingerprint density at radius 1 is 1.45 bits per heavy atom. The van der Waals surface area contributed by atoms with Crippen LogP contribution in [0.25, 0.3) is 0 Å². The first-order chi connectivity index (χ1) is 9.43. The summed E-state index contributed by atoms with van der Waals surface area (Å²) in [4.78, 5) is 12.2. The van der Waals surface area contributed by atoms with Gasteiger partial charge in [0.2, 0.25) is 0 Å². The van der Waals surface area contributed by atoms with E-state index in [0.29, 0.717) is 16.8 Å². The summed E-state index contributed by atoms with van der Waals surface area (Å²) in [5.74, 6) is -0.868. The van der Waals surface area contributed by atoms with Crippen LogP contribution in [0.15, 0.2) is 18.2 Å². The van der Waals surface area contributed by atoms with Crippen molar-refractivity contribution in [1.82, 2.24) is 9.78 Å². The molecule has 0 fully saturated rings. The SMILES string of the molecule is Cc1nn(C)c(C)c1C(=O)Nc1ccc(CN)cc1F. The maximum absolute atomic E-state index is 13.8. The monoisotopic (exact) mass is 276 g/mol. The van der Waals surface area contributed by atoms with E-state index < -0.39 is 5.82 Å². The van der Waals surface area contributed by atoms with Gasteiger partial charge in [0.25, 0.3) is 5.91 Å². The number of benzene rings is 1. The van der Waals surface area contributed by atoms with Crippen LogP contribution in [0.3, 0.4) is 0 Å². The Morgan fingerprint density at radius 3 is 2.65 bits per heavy atom. The topological polar surface area (TPSA) is 72.9 Å². The van der Waals surface area contributed by atoms with Gasteiger partial charge in [0.15, 0.2) is 0 Å². The Labute approximate surface area is 116 Å². The Balaban J connectivity index is 2.28. The molecule has 1 aromatic carbocycles. The molecule has 0 unspecified atom stereocenters. The number of amides is 1. The van der Waals surface area contributed by atoms with Crippen LogP contribution in [0.2, 0.25) is 0 Å². The summed E-state index contributed by atoms with van der Waals surface area (Å²) >= 11 is 0. The number of hydrogen-bond acceptors (Lipinski definition) is 3. The van der Waals surface area contributed by atoms with Crippen LogP contribution in [0.4, 0.5) is 10.1 Å². The van der Waals surface area contributed by atoms with E-state index in [1.54, 1.807) is 31.6 Å². The molecular weight excluding hydrogens is 259 g/mol. The lowest BCUT2D eigenvalue weighted by molar-refractivity contribution is 0.102. The van der Waals surface area contributed by atoms with Gasteiger partial charge in [-0.1, -0.05) is 6.07 Å². The minimum Gasteiger partial charge on any atom is -0.326 e. The smallest absolute Gasteiger partial charge is 0.259 e. The van der Waals surface area contributed by atoms with Crippen molar-refractivity contribution in [1.29, 1.82) is 0 Å². The first-order valence-electron chi connectivity index (χ1n) is 6.24. The number of aromatic nitrogens is 2. The quantitative estimate of drug-likeness (QED) is 0.899. The molecule has 1 amide bonds. The van der Waals surface area contributed by atoms with Crippen molar-refractivity contribution in [3.63, 3.8) is 0 Å². The first kappa shape index (κ1) is 14.2. The van der Waals surface area contributed by atoms with E-state index in [1.165, 1.54) is 12.1 Å². The van der Waals surface area contributed by atoms with Crippen LogP contribution in [-0.4, -0.2) is 15.7 Å². The van der Waals surface area contributed by atoms with Crippen LogP contribution in [0, 0.1) is 19.7 Å². The number of hydrogen-bond donors (Lipinski definition) is 2. The van der Waals surface area contributed by atoms with E-state index in [2.05, 4.69) is 10.4 Å². The summed E-state index contributed by atoms with van der Waals surface area (Å²) in [6.07, 6.45) is 0. The minimum atomic E-state index is -0.500. The summed E-state index contributed by atoms with van der Waals surface area (Å²) in [5, 5.41) is 6.73.